The molecule has 0 heterocycles. The summed E-state index contributed by atoms with van der Waals surface area (Å²) in [6.45, 7) is 8.98. The van der Waals surface area contributed by atoms with E-state index in [1.807, 2.05) is 13.8 Å². The van der Waals surface area contributed by atoms with Crippen molar-refractivity contribution in [2.75, 3.05) is 12.3 Å². The van der Waals surface area contributed by atoms with E-state index in [2.05, 4.69) is 19.2 Å². The molecule has 0 saturated carbocycles. The van der Waals surface area contributed by atoms with Gasteiger partial charge in [0.1, 0.15) is 0 Å². The lowest BCUT2D eigenvalue weighted by molar-refractivity contribution is 0.496. The number of rotatable bonds is 9. The van der Waals surface area contributed by atoms with E-state index in [-0.39, 0.29) is 11.3 Å². The first-order valence-corrected chi connectivity index (χ1v) is 8.10. The van der Waals surface area contributed by atoms with Crippen LogP contribution in [0.5, 0.6) is 0 Å². The molecule has 2 atom stereocenters. The third-order valence-electron chi connectivity index (χ3n) is 2.82. The van der Waals surface area contributed by atoms with Gasteiger partial charge in [-0.3, -0.25) is 0 Å². The molecule has 0 saturated heterocycles. The topological polar surface area (TPSA) is 46.2 Å². The molecule has 2 unspecified atom stereocenters. The molecular formula is C12H27NO2S. The normalized spacial score (nSPS) is 16.0. The first-order valence-electron chi connectivity index (χ1n) is 6.39. The second-order valence-corrected chi connectivity index (χ2v) is 7.16. The van der Waals surface area contributed by atoms with Crippen LogP contribution in [0.2, 0.25) is 0 Å². The van der Waals surface area contributed by atoms with Crippen molar-refractivity contribution < 1.29 is 8.42 Å². The van der Waals surface area contributed by atoms with Gasteiger partial charge in [-0.1, -0.05) is 20.3 Å². The van der Waals surface area contributed by atoms with Gasteiger partial charge in [0.15, 0.2) is 9.84 Å². The van der Waals surface area contributed by atoms with E-state index < -0.39 is 9.84 Å². The Kier molecular flexibility index (Phi) is 8.02. The standard InChI is InChI=1S/C12H27NO2S/c1-5-7-9-16(14,15)12(4)10-11(3)13-8-6-2/h11-13H,5-10H2,1-4H3. The van der Waals surface area contributed by atoms with Gasteiger partial charge in [0, 0.05) is 6.04 Å². The summed E-state index contributed by atoms with van der Waals surface area (Å²) in [6.07, 6.45) is 3.52. The number of nitrogens with one attached hydrogen (secondary N) is 1. The number of hydrogen-bond acceptors (Lipinski definition) is 3. The average Bonchev–Trinajstić information content (AvgIpc) is 2.23. The van der Waals surface area contributed by atoms with E-state index in [4.69, 9.17) is 0 Å². The Balaban J connectivity index is 4.07. The van der Waals surface area contributed by atoms with Crippen LogP contribution in [0.4, 0.5) is 0 Å². The fourth-order valence-corrected chi connectivity index (χ4v) is 3.34. The number of sulfone groups is 1. The minimum atomic E-state index is -2.88. The Labute approximate surface area is 101 Å². The molecule has 0 aromatic heterocycles. The second-order valence-electron chi connectivity index (χ2n) is 4.62. The molecule has 98 valence electrons. The van der Waals surface area contributed by atoms with Crippen molar-refractivity contribution in [3.05, 3.63) is 0 Å². The van der Waals surface area contributed by atoms with Gasteiger partial charge in [-0.15, -0.1) is 0 Å². The van der Waals surface area contributed by atoms with Crippen LogP contribution in [0.1, 0.15) is 53.4 Å². The molecule has 0 aliphatic rings. The minimum Gasteiger partial charge on any atom is -0.314 e. The Hall–Kier alpha value is -0.0900. The van der Waals surface area contributed by atoms with Gasteiger partial charge < -0.3 is 5.32 Å². The van der Waals surface area contributed by atoms with Gasteiger partial charge >= 0.3 is 0 Å². The molecule has 0 aliphatic carbocycles. The van der Waals surface area contributed by atoms with E-state index in [1.165, 1.54) is 0 Å². The Morgan fingerprint density at radius 2 is 1.75 bits per heavy atom. The molecule has 0 radical (unpaired) electrons. The summed E-state index contributed by atoms with van der Waals surface area (Å²) >= 11 is 0. The maximum atomic E-state index is 11.9. The van der Waals surface area contributed by atoms with E-state index in [1.54, 1.807) is 0 Å². The van der Waals surface area contributed by atoms with Crippen molar-refractivity contribution in [1.82, 2.24) is 5.32 Å². The molecule has 3 nitrogen and oxygen atoms in total. The number of hydrogen-bond donors (Lipinski definition) is 1. The molecule has 4 heteroatoms. The SMILES string of the molecule is CCCCS(=O)(=O)C(C)CC(C)NCCC. The Morgan fingerprint density at radius 3 is 2.25 bits per heavy atom. The van der Waals surface area contributed by atoms with Crippen molar-refractivity contribution >= 4 is 9.84 Å². The molecule has 0 bridgehead atoms. The third kappa shape index (κ3) is 6.48. The quantitative estimate of drug-likeness (QED) is 0.682. The Bertz CT molecular complexity index is 262. The maximum absolute atomic E-state index is 11.9. The zero-order valence-electron chi connectivity index (χ0n) is 11.1. The summed E-state index contributed by atoms with van der Waals surface area (Å²) in [7, 11) is -2.88. The first kappa shape index (κ1) is 15.9. The zero-order chi connectivity index (χ0) is 12.6. The summed E-state index contributed by atoms with van der Waals surface area (Å²) in [5.41, 5.74) is 0. The van der Waals surface area contributed by atoms with E-state index in [0.717, 1.165) is 25.8 Å². The first-order chi connectivity index (χ1) is 7.44. The van der Waals surface area contributed by atoms with Crippen LogP contribution in [0.15, 0.2) is 0 Å². The zero-order valence-corrected chi connectivity index (χ0v) is 11.9. The molecule has 1 N–H and O–H groups in total. The summed E-state index contributed by atoms with van der Waals surface area (Å²) in [5.74, 6) is 0.338. The lowest BCUT2D eigenvalue weighted by Crippen LogP contribution is -2.33. The van der Waals surface area contributed by atoms with Crippen LogP contribution >= 0.6 is 0 Å². The third-order valence-corrected chi connectivity index (χ3v) is 5.10. The predicted molar refractivity (Wildman–Crippen MR) is 70.5 cm³/mol. The highest BCUT2D eigenvalue weighted by Crippen LogP contribution is 2.11. The fraction of sp³-hybridized carbons (Fsp3) is 1.00. The molecule has 0 aromatic rings. The summed E-state index contributed by atoms with van der Waals surface area (Å²) in [6, 6.07) is 0.284. The monoisotopic (exact) mass is 249 g/mol. The van der Waals surface area contributed by atoms with Gasteiger partial charge in [-0.25, -0.2) is 8.42 Å². The Morgan fingerprint density at radius 1 is 1.12 bits per heavy atom. The van der Waals surface area contributed by atoms with Crippen molar-refractivity contribution in [3.8, 4) is 0 Å². The van der Waals surface area contributed by atoms with Crippen molar-refractivity contribution in [2.45, 2.75) is 64.7 Å². The molecule has 0 fully saturated rings. The highest BCUT2D eigenvalue weighted by Gasteiger charge is 2.21. The molecule has 0 rings (SSSR count). The average molecular weight is 249 g/mol. The van der Waals surface area contributed by atoms with Crippen LogP contribution in [-0.4, -0.2) is 32.0 Å². The van der Waals surface area contributed by atoms with Gasteiger partial charge in [-0.2, -0.15) is 0 Å². The molecule has 0 aromatic carbocycles. The largest absolute Gasteiger partial charge is 0.314 e. The van der Waals surface area contributed by atoms with Gasteiger partial charge in [0.05, 0.1) is 11.0 Å². The van der Waals surface area contributed by atoms with Crippen LogP contribution in [0.3, 0.4) is 0 Å². The minimum absolute atomic E-state index is 0.224. The van der Waals surface area contributed by atoms with E-state index in [9.17, 15) is 8.42 Å². The van der Waals surface area contributed by atoms with Gasteiger partial charge in [0.25, 0.3) is 0 Å². The van der Waals surface area contributed by atoms with Crippen LogP contribution < -0.4 is 5.32 Å². The van der Waals surface area contributed by atoms with Gasteiger partial charge in [-0.05, 0) is 39.7 Å². The highest BCUT2D eigenvalue weighted by molar-refractivity contribution is 7.91. The van der Waals surface area contributed by atoms with E-state index >= 15 is 0 Å². The molecule has 0 aliphatic heterocycles. The summed E-state index contributed by atoms with van der Waals surface area (Å²) < 4.78 is 23.7. The predicted octanol–water partition coefficient (Wildman–Crippen LogP) is 2.37. The highest BCUT2D eigenvalue weighted by atomic mass is 32.2. The second kappa shape index (κ2) is 8.07. The lowest BCUT2D eigenvalue weighted by Gasteiger charge is -2.18. The number of unbranched alkanes of at least 4 members (excludes halogenated alkanes) is 1. The van der Waals surface area contributed by atoms with Crippen LogP contribution in [0, 0.1) is 0 Å². The van der Waals surface area contributed by atoms with Crippen LogP contribution in [0.25, 0.3) is 0 Å². The van der Waals surface area contributed by atoms with Crippen molar-refractivity contribution in [3.63, 3.8) is 0 Å². The smallest absolute Gasteiger partial charge is 0.152 e. The maximum Gasteiger partial charge on any atom is 0.152 e. The lowest BCUT2D eigenvalue weighted by atomic mass is 10.2. The van der Waals surface area contributed by atoms with Crippen molar-refractivity contribution in [1.29, 1.82) is 0 Å². The molecular weight excluding hydrogens is 222 g/mol. The molecule has 0 spiro atoms. The summed E-state index contributed by atoms with van der Waals surface area (Å²) in [5, 5.41) is 3.10. The molecule has 0 amide bonds. The summed E-state index contributed by atoms with van der Waals surface area (Å²) in [4.78, 5) is 0. The van der Waals surface area contributed by atoms with Crippen LogP contribution in [-0.2, 0) is 9.84 Å². The van der Waals surface area contributed by atoms with Gasteiger partial charge in [0.2, 0.25) is 0 Å². The van der Waals surface area contributed by atoms with E-state index in [0.29, 0.717) is 12.2 Å². The fourth-order valence-electron chi connectivity index (χ4n) is 1.67. The van der Waals surface area contributed by atoms with Crippen molar-refractivity contribution in [2.24, 2.45) is 0 Å². The molecule has 16 heavy (non-hydrogen) atoms.